The number of likely N-dealkylation sites (tertiary alicyclic amines) is 1. The molecule has 0 aromatic heterocycles. The summed E-state index contributed by atoms with van der Waals surface area (Å²) in [5, 5.41) is 2.99. The van der Waals surface area contributed by atoms with Crippen LogP contribution in [0.4, 0.5) is 0 Å². The zero-order chi connectivity index (χ0) is 19.2. The van der Waals surface area contributed by atoms with Crippen LogP contribution >= 0.6 is 15.9 Å². The van der Waals surface area contributed by atoms with Crippen LogP contribution < -0.4 is 10.1 Å². The van der Waals surface area contributed by atoms with Crippen LogP contribution in [0.2, 0.25) is 0 Å². The molecule has 2 aromatic carbocycles. The van der Waals surface area contributed by atoms with Gasteiger partial charge in [0.25, 0.3) is 5.91 Å². The molecule has 6 heteroatoms. The van der Waals surface area contributed by atoms with Gasteiger partial charge in [-0.1, -0.05) is 28.1 Å². The Hall–Kier alpha value is -2.60. The van der Waals surface area contributed by atoms with Crippen molar-refractivity contribution < 1.29 is 14.3 Å². The van der Waals surface area contributed by atoms with Crippen molar-refractivity contribution in [3.8, 4) is 5.75 Å². The van der Waals surface area contributed by atoms with E-state index in [1.807, 2.05) is 24.3 Å². The number of hydrogen-bond acceptors (Lipinski definition) is 3. The number of halogens is 1. The smallest absolute Gasteiger partial charge is 0.251 e. The van der Waals surface area contributed by atoms with Crippen molar-refractivity contribution in [2.24, 2.45) is 0 Å². The molecule has 1 saturated heterocycles. The zero-order valence-electron chi connectivity index (χ0n) is 15.0. The molecule has 0 saturated carbocycles. The molecule has 3 rings (SSSR count). The fourth-order valence-corrected chi connectivity index (χ4v) is 3.20. The molecule has 1 aliphatic rings. The first-order valence-electron chi connectivity index (χ1n) is 8.72. The second-order valence-electron chi connectivity index (χ2n) is 6.36. The number of nitrogens with zero attached hydrogens (tertiary/aromatic N) is 1. The maximum absolute atomic E-state index is 12.4. The monoisotopic (exact) mass is 428 g/mol. The summed E-state index contributed by atoms with van der Waals surface area (Å²) in [5.74, 6) is 0.531. The molecule has 0 bridgehead atoms. The minimum Gasteiger partial charge on any atom is -0.497 e. The summed E-state index contributed by atoms with van der Waals surface area (Å²) in [5.41, 5.74) is 1.55. The first-order chi connectivity index (χ1) is 13.0. The van der Waals surface area contributed by atoms with Crippen molar-refractivity contribution in [1.29, 1.82) is 0 Å². The predicted octanol–water partition coefficient (Wildman–Crippen LogP) is 3.50. The zero-order valence-corrected chi connectivity index (χ0v) is 16.6. The number of carbonyl (C=O) groups excluding carboxylic acids is 2. The van der Waals surface area contributed by atoms with Crippen molar-refractivity contribution in [2.45, 2.75) is 12.5 Å². The molecule has 1 N–H and O–H groups in total. The Morgan fingerprint density at radius 3 is 2.52 bits per heavy atom. The molecule has 27 heavy (non-hydrogen) atoms. The Kier molecular flexibility index (Phi) is 6.29. The fourth-order valence-electron chi connectivity index (χ4n) is 2.94. The van der Waals surface area contributed by atoms with E-state index in [9.17, 15) is 9.59 Å². The maximum atomic E-state index is 12.4. The van der Waals surface area contributed by atoms with Gasteiger partial charge in [-0.15, -0.1) is 0 Å². The average molecular weight is 429 g/mol. The summed E-state index contributed by atoms with van der Waals surface area (Å²) < 4.78 is 6.10. The molecule has 1 aliphatic heterocycles. The lowest BCUT2D eigenvalue weighted by atomic mass is 10.2. The van der Waals surface area contributed by atoms with E-state index in [0.29, 0.717) is 24.4 Å². The van der Waals surface area contributed by atoms with Gasteiger partial charge in [0.15, 0.2) is 0 Å². The van der Waals surface area contributed by atoms with E-state index in [1.165, 1.54) is 0 Å². The van der Waals surface area contributed by atoms with Crippen molar-refractivity contribution in [3.05, 3.63) is 70.2 Å². The molecule has 1 unspecified atom stereocenters. The number of rotatable bonds is 5. The van der Waals surface area contributed by atoms with Gasteiger partial charge in [-0.25, -0.2) is 0 Å². The highest BCUT2D eigenvalue weighted by Crippen LogP contribution is 2.15. The number of nitrogens with one attached hydrogen (secondary N) is 1. The molecular weight excluding hydrogens is 408 g/mol. The Balaban J connectivity index is 1.52. The Morgan fingerprint density at radius 2 is 1.85 bits per heavy atom. The van der Waals surface area contributed by atoms with Crippen LogP contribution in [0.3, 0.4) is 0 Å². The topological polar surface area (TPSA) is 58.6 Å². The van der Waals surface area contributed by atoms with Crippen LogP contribution in [-0.4, -0.2) is 43.0 Å². The summed E-state index contributed by atoms with van der Waals surface area (Å²) >= 11 is 3.39. The molecule has 0 radical (unpaired) electrons. The van der Waals surface area contributed by atoms with E-state index in [4.69, 9.17) is 4.74 Å². The van der Waals surface area contributed by atoms with Gasteiger partial charge in [-0.2, -0.15) is 0 Å². The third-order valence-electron chi connectivity index (χ3n) is 4.48. The number of carbonyl (C=O) groups is 2. The highest BCUT2D eigenvalue weighted by molar-refractivity contribution is 9.10. The van der Waals surface area contributed by atoms with E-state index in [1.54, 1.807) is 48.4 Å². The summed E-state index contributed by atoms with van der Waals surface area (Å²) in [6, 6.07) is 14.7. The Bertz CT molecular complexity index is 832. The second-order valence-corrected chi connectivity index (χ2v) is 7.27. The van der Waals surface area contributed by atoms with E-state index in [-0.39, 0.29) is 17.9 Å². The van der Waals surface area contributed by atoms with Crippen LogP contribution in [0, 0.1) is 0 Å². The van der Waals surface area contributed by atoms with Crippen LogP contribution in [0.25, 0.3) is 6.08 Å². The van der Waals surface area contributed by atoms with E-state index in [0.717, 1.165) is 16.5 Å². The van der Waals surface area contributed by atoms with Crippen LogP contribution in [0.5, 0.6) is 5.75 Å². The van der Waals surface area contributed by atoms with E-state index < -0.39 is 0 Å². The summed E-state index contributed by atoms with van der Waals surface area (Å²) in [6.45, 7) is 1.16. The van der Waals surface area contributed by atoms with Crippen molar-refractivity contribution in [3.63, 3.8) is 0 Å². The predicted molar refractivity (Wildman–Crippen MR) is 109 cm³/mol. The number of ether oxygens (including phenoxy) is 1. The van der Waals surface area contributed by atoms with Crippen molar-refractivity contribution >= 4 is 33.8 Å². The molecule has 140 valence electrons. The van der Waals surface area contributed by atoms with Gasteiger partial charge < -0.3 is 15.0 Å². The van der Waals surface area contributed by atoms with Gasteiger partial charge in [-0.05, 0) is 54.5 Å². The van der Waals surface area contributed by atoms with Crippen LogP contribution in [-0.2, 0) is 4.79 Å². The van der Waals surface area contributed by atoms with E-state index in [2.05, 4.69) is 21.2 Å². The summed E-state index contributed by atoms with van der Waals surface area (Å²) in [6.07, 6.45) is 4.13. The van der Waals surface area contributed by atoms with Crippen LogP contribution in [0.15, 0.2) is 59.1 Å². The molecule has 1 atom stereocenters. The third-order valence-corrected chi connectivity index (χ3v) is 5.00. The highest BCUT2D eigenvalue weighted by Gasteiger charge is 2.26. The van der Waals surface area contributed by atoms with Crippen LogP contribution in [0.1, 0.15) is 22.3 Å². The number of benzene rings is 2. The summed E-state index contributed by atoms with van der Waals surface area (Å²) in [4.78, 5) is 26.5. The van der Waals surface area contributed by atoms with Gasteiger partial charge in [0.1, 0.15) is 5.75 Å². The van der Waals surface area contributed by atoms with Crippen molar-refractivity contribution in [1.82, 2.24) is 10.2 Å². The fraction of sp³-hybridized carbons (Fsp3) is 0.238. The lowest BCUT2D eigenvalue weighted by Crippen LogP contribution is -2.38. The first kappa shape index (κ1) is 19.2. The van der Waals surface area contributed by atoms with E-state index >= 15 is 0 Å². The Labute approximate surface area is 167 Å². The number of hydrogen-bond donors (Lipinski definition) is 1. The molecule has 2 aromatic rings. The largest absolute Gasteiger partial charge is 0.497 e. The molecule has 0 spiro atoms. The lowest BCUT2D eigenvalue weighted by Gasteiger charge is -2.15. The first-order valence-corrected chi connectivity index (χ1v) is 9.52. The molecular formula is C21H21BrN2O3. The SMILES string of the molecule is COc1ccc(C(=O)NC2CCN(C(=O)/C=C/c3ccc(Br)cc3)C2)cc1. The normalized spacial score (nSPS) is 16.5. The highest BCUT2D eigenvalue weighted by atomic mass is 79.9. The number of methoxy groups -OCH3 is 1. The summed E-state index contributed by atoms with van der Waals surface area (Å²) in [7, 11) is 1.59. The minimum absolute atomic E-state index is 0.0374. The quantitative estimate of drug-likeness (QED) is 0.741. The van der Waals surface area contributed by atoms with Crippen molar-refractivity contribution in [2.75, 3.05) is 20.2 Å². The van der Waals surface area contributed by atoms with Gasteiger partial charge in [0.2, 0.25) is 5.91 Å². The average Bonchev–Trinajstić information content (AvgIpc) is 3.16. The number of amides is 2. The van der Waals surface area contributed by atoms with Gasteiger partial charge in [0.05, 0.1) is 7.11 Å². The molecule has 5 nitrogen and oxygen atoms in total. The third kappa shape index (κ3) is 5.20. The maximum Gasteiger partial charge on any atom is 0.251 e. The minimum atomic E-state index is -0.137. The van der Waals surface area contributed by atoms with Gasteiger partial charge in [0, 0.05) is 35.2 Å². The van der Waals surface area contributed by atoms with Gasteiger partial charge in [-0.3, -0.25) is 9.59 Å². The molecule has 1 heterocycles. The Morgan fingerprint density at radius 1 is 1.15 bits per heavy atom. The lowest BCUT2D eigenvalue weighted by molar-refractivity contribution is -0.125. The molecule has 2 amide bonds. The van der Waals surface area contributed by atoms with Gasteiger partial charge >= 0.3 is 0 Å². The molecule has 0 aliphatic carbocycles. The molecule has 1 fully saturated rings. The standard InChI is InChI=1S/C21H21BrN2O3/c1-27-19-9-5-16(6-10-19)21(26)23-18-12-13-24(14-18)20(25)11-4-15-2-7-17(22)8-3-15/h2-11,18H,12-14H2,1H3,(H,23,26)/b11-4+. The second kappa shape index (κ2) is 8.86.